The molecule has 2 nitrogen and oxygen atoms in total. The van der Waals surface area contributed by atoms with E-state index < -0.39 is 0 Å². The minimum atomic E-state index is 0. The maximum Gasteiger partial charge on any atom is 1.00 e. The van der Waals surface area contributed by atoms with Crippen LogP contribution in [-0.2, 0) is 0 Å². The molecule has 0 heterocycles. The fourth-order valence-electron chi connectivity index (χ4n) is 0.0791. The molecule has 0 saturated carbocycles. The molecule has 0 aromatic heterocycles. The van der Waals surface area contributed by atoms with Crippen LogP contribution in [-0.4, -0.2) is 13.6 Å². The van der Waals surface area contributed by atoms with Gasteiger partial charge in [0.15, 0.2) is 0 Å². The van der Waals surface area contributed by atoms with Crippen molar-refractivity contribution >= 4 is 0 Å². The number of rotatable bonds is 1. The first-order valence-electron chi connectivity index (χ1n) is 1.43. The van der Waals surface area contributed by atoms with E-state index in [0.29, 0.717) is 6.54 Å². The van der Waals surface area contributed by atoms with Crippen LogP contribution in [0.1, 0.15) is 1.43 Å². The molecule has 0 saturated heterocycles. The van der Waals surface area contributed by atoms with Gasteiger partial charge in [-0.05, 0) is 7.05 Å². The number of halogens is 1. The highest BCUT2D eigenvalue weighted by Crippen LogP contribution is 1.38. The first kappa shape index (κ1) is 9.22. The van der Waals surface area contributed by atoms with Gasteiger partial charge in [-0.15, -0.1) is 0 Å². The highest BCUT2D eigenvalue weighted by Gasteiger charge is 1.60. The Morgan fingerprint density at radius 3 is 2.50 bits per heavy atom. The Hall–Kier alpha value is -0.260. The molecule has 0 rings (SSSR count). The van der Waals surface area contributed by atoms with Gasteiger partial charge in [0.25, 0.3) is 0 Å². The summed E-state index contributed by atoms with van der Waals surface area (Å²) in [6.45, 7) is 0.444. The highest BCUT2D eigenvalue weighted by atomic mass is 35.5. The molecule has 0 unspecified atom stereocenters. The van der Waals surface area contributed by atoms with Crippen molar-refractivity contribution in [1.29, 1.82) is 5.26 Å². The van der Waals surface area contributed by atoms with Crippen molar-refractivity contribution in [3.8, 4) is 6.07 Å². The maximum absolute atomic E-state index is 7.75. The van der Waals surface area contributed by atoms with Crippen LogP contribution in [0.3, 0.4) is 0 Å². The molecule has 36 valence electrons. The minimum absolute atomic E-state index is 0. The van der Waals surface area contributed by atoms with Gasteiger partial charge in [0, 0.05) is 0 Å². The lowest BCUT2D eigenvalue weighted by atomic mass is 10.7. The summed E-state index contributed by atoms with van der Waals surface area (Å²) in [5.74, 6) is 0. The molecule has 0 aromatic rings. The zero-order chi connectivity index (χ0) is 4.12. The van der Waals surface area contributed by atoms with Gasteiger partial charge in [-0.2, -0.15) is 5.26 Å². The zero-order valence-electron chi connectivity index (χ0n) is 4.53. The third-order valence-corrected chi connectivity index (χ3v) is 0.256. The number of hydrogen-bond donors (Lipinski definition) is 1. The van der Waals surface area contributed by atoms with Crippen molar-refractivity contribution in [3.05, 3.63) is 0 Å². The molecule has 0 spiro atoms. The Labute approximate surface area is 45.0 Å². The summed E-state index contributed by atoms with van der Waals surface area (Å²) in [4.78, 5) is 0. The molecule has 0 amide bonds. The molecule has 0 aromatic carbocycles. The number of nitriles is 1. The summed E-state index contributed by atoms with van der Waals surface area (Å²) in [5, 5.41) is 10.4. The zero-order valence-corrected chi connectivity index (χ0v) is 4.29. The molecule has 0 aliphatic carbocycles. The van der Waals surface area contributed by atoms with Crippen LogP contribution < -0.4 is 17.7 Å². The van der Waals surface area contributed by atoms with Gasteiger partial charge in [0.2, 0.25) is 0 Å². The second-order valence-electron chi connectivity index (χ2n) is 0.688. The molecular weight excluding hydrogens is 99.5 g/mol. The molecule has 0 fully saturated rings. The van der Waals surface area contributed by atoms with Crippen molar-refractivity contribution in [1.82, 2.24) is 5.32 Å². The van der Waals surface area contributed by atoms with E-state index in [1.54, 1.807) is 7.05 Å². The summed E-state index contributed by atoms with van der Waals surface area (Å²) in [6, 6.07) is 1.91. The summed E-state index contributed by atoms with van der Waals surface area (Å²) in [5.41, 5.74) is 0. The van der Waals surface area contributed by atoms with Crippen molar-refractivity contribution in [3.63, 3.8) is 0 Å². The third-order valence-electron chi connectivity index (χ3n) is 0.256. The first-order chi connectivity index (χ1) is 2.41. The van der Waals surface area contributed by atoms with E-state index in [0.717, 1.165) is 0 Å². The van der Waals surface area contributed by atoms with Crippen LogP contribution in [0.15, 0.2) is 0 Å². The number of hydrogen-bond acceptors (Lipinski definition) is 2. The van der Waals surface area contributed by atoms with Gasteiger partial charge in [0.1, 0.15) is 0 Å². The van der Waals surface area contributed by atoms with Crippen molar-refractivity contribution < 1.29 is 13.8 Å². The predicted molar refractivity (Wildman–Crippen MR) is 20.7 cm³/mol. The predicted octanol–water partition coefficient (Wildman–Crippen LogP) is -3.15. The van der Waals surface area contributed by atoms with Crippen LogP contribution in [0.2, 0.25) is 0 Å². The van der Waals surface area contributed by atoms with Gasteiger partial charge >= 0.3 is 1.43 Å². The van der Waals surface area contributed by atoms with Crippen LogP contribution in [0.5, 0.6) is 0 Å². The van der Waals surface area contributed by atoms with E-state index in [9.17, 15) is 0 Å². The topological polar surface area (TPSA) is 35.8 Å². The molecule has 3 heteroatoms. The van der Waals surface area contributed by atoms with Crippen LogP contribution in [0.4, 0.5) is 0 Å². The molecule has 0 aliphatic rings. The lowest BCUT2D eigenvalue weighted by molar-refractivity contribution is -0.00000140. The highest BCUT2D eigenvalue weighted by molar-refractivity contribution is 4.69. The molecule has 0 aliphatic heterocycles. The summed E-state index contributed by atoms with van der Waals surface area (Å²) in [6.07, 6.45) is 0. The average molecular weight is 107 g/mol. The molecule has 0 radical (unpaired) electrons. The van der Waals surface area contributed by atoms with E-state index in [4.69, 9.17) is 5.26 Å². The maximum atomic E-state index is 7.75. The second kappa shape index (κ2) is 8.83. The van der Waals surface area contributed by atoms with Crippen LogP contribution in [0, 0.1) is 11.3 Å². The molecule has 0 atom stereocenters. The summed E-state index contributed by atoms with van der Waals surface area (Å²) >= 11 is 0. The Morgan fingerprint density at radius 2 is 2.50 bits per heavy atom. The average Bonchev–Trinajstić information content (AvgIpc) is 1.41. The molecular formula is C3H7ClN2. The Kier molecular flexibility index (Phi) is 13.6. The quantitative estimate of drug-likeness (QED) is 0.359. The molecule has 0 bridgehead atoms. The van der Waals surface area contributed by atoms with E-state index >= 15 is 0 Å². The Balaban J connectivity index is -0.0000000800. The molecule has 1 N–H and O–H groups in total. The number of nitrogens with zero attached hydrogens (tertiary/aromatic N) is 1. The SMILES string of the molecule is CNCC#N.[Cl-].[H+]. The van der Waals surface area contributed by atoms with Crippen LogP contribution in [0.25, 0.3) is 0 Å². The minimum Gasteiger partial charge on any atom is -1.00 e. The number of nitrogens with one attached hydrogen (secondary N) is 1. The summed E-state index contributed by atoms with van der Waals surface area (Å²) in [7, 11) is 1.74. The van der Waals surface area contributed by atoms with E-state index in [-0.39, 0.29) is 13.8 Å². The van der Waals surface area contributed by atoms with Gasteiger partial charge in [-0.1, -0.05) is 0 Å². The van der Waals surface area contributed by atoms with Gasteiger partial charge < -0.3 is 17.7 Å². The van der Waals surface area contributed by atoms with Gasteiger partial charge in [0.05, 0.1) is 12.6 Å². The first-order valence-corrected chi connectivity index (χ1v) is 1.43. The smallest absolute Gasteiger partial charge is 1.00 e. The Bertz CT molecular complexity index is 51.4. The fraction of sp³-hybridized carbons (Fsp3) is 0.667. The van der Waals surface area contributed by atoms with E-state index in [1.807, 2.05) is 6.07 Å². The van der Waals surface area contributed by atoms with E-state index in [1.165, 1.54) is 0 Å². The second-order valence-corrected chi connectivity index (χ2v) is 0.688. The Morgan fingerprint density at radius 1 is 2.00 bits per heavy atom. The lowest BCUT2D eigenvalue weighted by Crippen LogP contribution is -3.00. The standard InChI is InChI=1S/C3H6N2.ClH/c1-5-3-2-4;/h5H,3H2,1H3;1H. The van der Waals surface area contributed by atoms with Crippen LogP contribution >= 0.6 is 0 Å². The fourth-order valence-corrected chi connectivity index (χ4v) is 0.0791. The largest absolute Gasteiger partial charge is 1.00 e. The van der Waals surface area contributed by atoms with Crippen molar-refractivity contribution in [2.24, 2.45) is 0 Å². The lowest BCUT2D eigenvalue weighted by Gasteiger charge is -1.73. The van der Waals surface area contributed by atoms with Gasteiger partial charge in [-0.25, -0.2) is 0 Å². The normalized spacial score (nSPS) is 5.33. The van der Waals surface area contributed by atoms with E-state index in [2.05, 4.69) is 5.32 Å². The summed E-state index contributed by atoms with van der Waals surface area (Å²) < 4.78 is 0. The monoisotopic (exact) mass is 106 g/mol. The molecule has 6 heavy (non-hydrogen) atoms. The van der Waals surface area contributed by atoms with Crippen molar-refractivity contribution in [2.45, 2.75) is 0 Å². The van der Waals surface area contributed by atoms with Gasteiger partial charge in [-0.3, -0.25) is 0 Å². The third kappa shape index (κ3) is 9.27. The van der Waals surface area contributed by atoms with Crippen molar-refractivity contribution in [2.75, 3.05) is 13.6 Å².